The average molecular weight is 211 g/mol. The van der Waals surface area contributed by atoms with E-state index in [9.17, 15) is 0 Å². The number of nitriles is 1. The van der Waals surface area contributed by atoms with Gasteiger partial charge in [0.15, 0.2) is 0 Å². The third-order valence-electron chi connectivity index (χ3n) is 1.69. The lowest BCUT2D eigenvalue weighted by Crippen LogP contribution is -2.13. The number of rotatable bonds is 4. The predicted molar refractivity (Wildman–Crippen MR) is 54.6 cm³/mol. The summed E-state index contributed by atoms with van der Waals surface area (Å²) in [5.41, 5.74) is 4.24. The van der Waals surface area contributed by atoms with Gasteiger partial charge in [0.1, 0.15) is 0 Å². The normalized spacial score (nSPS) is 9.79. The van der Waals surface area contributed by atoms with Gasteiger partial charge in [-0.3, -0.25) is 0 Å². The van der Waals surface area contributed by atoms with E-state index in [2.05, 4.69) is 5.48 Å². The van der Waals surface area contributed by atoms with Crippen molar-refractivity contribution in [3.8, 4) is 6.07 Å². The molecular formula is C10H11ClN2O. The van der Waals surface area contributed by atoms with E-state index in [1.54, 1.807) is 12.1 Å². The number of hydrogen-bond donors (Lipinski definition) is 1. The van der Waals surface area contributed by atoms with Crippen LogP contribution in [0.3, 0.4) is 0 Å². The van der Waals surface area contributed by atoms with Crippen LogP contribution in [-0.4, -0.2) is 6.61 Å². The molecule has 1 rings (SSSR count). The second-order valence-corrected chi connectivity index (χ2v) is 3.08. The van der Waals surface area contributed by atoms with Crippen LogP contribution in [0.25, 0.3) is 0 Å². The molecule has 0 fully saturated rings. The van der Waals surface area contributed by atoms with E-state index in [4.69, 9.17) is 21.7 Å². The lowest BCUT2D eigenvalue weighted by molar-refractivity contribution is 0.0463. The monoisotopic (exact) mass is 210 g/mol. The Labute approximate surface area is 88.2 Å². The fourth-order valence-electron chi connectivity index (χ4n) is 0.991. The Bertz CT molecular complexity index is 346. The summed E-state index contributed by atoms with van der Waals surface area (Å²) < 4.78 is 0. The summed E-state index contributed by atoms with van der Waals surface area (Å²) in [6.45, 7) is 3.04. The molecule has 74 valence electrons. The molecule has 0 spiro atoms. The first-order valence-electron chi connectivity index (χ1n) is 4.31. The van der Waals surface area contributed by atoms with Crippen LogP contribution >= 0.6 is 11.6 Å². The quantitative estimate of drug-likeness (QED) is 0.613. The molecule has 0 radical (unpaired) electrons. The van der Waals surface area contributed by atoms with E-state index in [1.165, 1.54) is 0 Å². The van der Waals surface area contributed by atoms with Gasteiger partial charge in [0, 0.05) is 11.6 Å². The van der Waals surface area contributed by atoms with Gasteiger partial charge in [0.2, 0.25) is 0 Å². The van der Waals surface area contributed by atoms with Gasteiger partial charge in [-0.2, -0.15) is 10.7 Å². The molecular weight excluding hydrogens is 200 g/mol. The molecule has 0 atom stereocenters. The molecule has 0 aromatic heterocycles. The highest BCUT2D eigenvalue weighted by molar-refractivity contribution is 6.31. The van der Waals surface area contributed by atoms with Gasteiger partial charge in [-0.1, -0.05) is 17.7 Å². The van der Waals surface area contributed by atoms with Gasteiger partial charge < -0.3 is 4.84 Å². The van der Waals surface area contributed by atoms with E-state index < -0.39 is 0 Å². The fourth-order valence-corrected chi connectivity index (χ4v) is 1.24. The Morgan fingerprint density at radius 2 is 2.36 bits per heavy atom. The first-order valence-corrected chi connectivity index (χ1v) is 4.69. The van der Waals surface area contributed by atoms with Crippen molar-refractivity contribution in [1.82, 2.24) is 5.48 Å². The van der Waals surface area contributed by atoms with Gasteiger partial charge >= 0.3 is 0 Å². The van der Waals surface area contributed by atoms with Gasteiger partial charge in [-0.25, -0.2) is 0 Å². The minimum absolute atomic E-state index is 0.540. The van der Waals surface area contributed by atoms with E-state index in [0.29, 0.717) is 23.7 Å². The first kappa shape index (κ1) is 11.0. The van der Waals surface area contributed by atoms with Crippen LogP contribution in [0.1, 0.15) is 18.1 Å². The maximum absolute atomic E-state index is 8.62. The number of hydroxylamine groups is 1. The lowest BCUT2D eigenvalue weighted by atomic mass is 10.1. The van der Waals surface area contributed by atoms with Crippen LogP contribution in [0.5, 0.6) is 0 Å². The fraction of sp³-hybridized carbons (Fsp3) is 0.300. The summed E-state index contributed by atoms with van der Waals surface area (Å²) in [7, 11) is 0. The van der Waals surface area contributed by atoms with Crippen LogP contribution in [0, 0.1) is 11.3 Å². The topological polar surface area (TPSA) is 45.0 Å². The van der Waals surface area contributed by atoms with Crippen molar-refractivity contribution in [3.05, 3.63) is 34.3 Å². The van der Waals surface area contributed by atoms with Crippen LogP contribution < -0.4 is 5.48 Å². The highest BCUT2D eigenvalue weighted by Gasteiger charge is 2.00. The zero-order chi connectivity index (χ0) is 10.4. The van der Waals surface area contributed by atoms with Gasteiger partial charge in [-0.05, 0) is 24.6 Å². The smallest absolute Gasteiger partial charge is 0.0992 e. The minimum Gasteiger partial charge on any atom is -0.302 e. The summed E-state index contributed by atoms with van der Waals surface area (Å²) in [6, 6.07) is 7.21. The van der Waals surface area contributed by atoms with E-state index in [0.717, 1.165) is 5.56 Å². The molecule has 4 heteroatoms. The number of benzene rings is 1. The Kier molecular flexibility index (Phi) is 4.41. The molecule has 0 saturated heterocycles. The summed E-state index contributed by atoms with van der Waals surface area (Å²) in [5.74, 6) is 0. The van der Waals surface area contributed by atoms with Crippen LogP contribution in [-0.2, 0) is 11.4 Å². The van der Waals surface area contributed by atoms with Crippen molar-refractivity contribution in [1.29, 1.82) is 5.26 Å². The number of halogens is 1. The van der Waals surface area contributed by atoms with Gasteiger partial charge in [-0.15, -0.1) is 0 Å². The molecule has 3 nitrogen and oxygen atoms in total. The largest absolute Gasteiger partial charge is 0.302 e. The third-order valence-corrected chi connectivity index (χ3v) is 2.04. The third kappa shape index (κ3) is 3.00. The molecule has 0 aliphatic carbocycles. The molecule has 1 aromatic carbocycles. The average Bonchev–Trinajstić information content (AvgIpc) is 2.20. The number of nitrogens with zero attached hydrogens (tertiary/aromatic N) is 1. The SMILES string of the molecule is CCONCc1ccc(C#N)cc1Cl. The molecule has 1 N–H and O–H groups in total. The molecule has 0 heterocycles. The Morgan fingerprint density at radius 1 is 1.57 bits per heavy atom. The molecule has 0 unspecified atom stereocenters. The van der Waals surface area contributed by atoms with Crippen molar-refractivity contribution in [3.63, 3.8) is 0 Å². The lowest BCUT2D eigenvalue weighted by Gasteiger charge is -2.05. The van der Waals surface area contributed by atoms with Gasteiger partial charge in [0.25, 0.3) is 0 Å². The van der Waals surface area contributed by atoms with Crippen molar-refractivity contribution in [2.75, 3.05) is 6.61 Å². The number of nitrogens with one attached hydrogen (secondary N) is 1. The molecule has 0 amide bonds. The van der Waals surface area contributed by atoms with Crippen molar-refractivity contribution in [2.45, 2.75) is 13.5 Å². The number of hydrogen-bond acceptors (Lipinski definition) is 3. The summed E-state index contributed by atoms with van der Waals surface area (Å²) >= 11 is 5.94. The maximum atomic E-state index is 8.62. The Hall–Kier alpha value is -1.08. The van der Waals surface area contributed by atoms with Crippen molar-refractivity contribution in [2.24, 2.45) is 0 Å². The van der Waals surface area contributed by atoms with Crippen LogP contribution in [0.15, 0.2) is 18.2 Å². The van der Waals surface area contributed by atoms with E-state index in [-0.39, 0.29) is 0 Å². The Morgan fingerprint density at radius 3 is 2.93 bits per heavy atom. The zero-order valence-electron chi connectivity index (χ0n) is 7.88. The minimum atomic E-state index is 0.540. The summed E-state index contributed by atoms with van der Waals surface area (Å²) in [5, 5.41) is 9.20. The molecule has 1 aromatic rings. The highest BCUT2D eigenvalue weighted by atomic mass is 35.5. The second-order valence-electron chi connectivity index (χ2n) is 2.67. The van der Waals surface area contributed by atoms with E-state index in [1.807, 2.05) is 19.1 Å². The zero-order valence-corrected chi connectivity index (χ0v) is 8.64. The first-order chi connectivity index (χ1) is 6.77. The van der Waals surface area contributed by atoms with Gasteiger partial charge in [0.05, 0.1) is 18.2 Å². The van der Waals surface area contributed by atoms with E-state index >= 15 is 0 Å². The predicted octanol–water partition coefficient (Wildman–Crippen LogP) is 2.25. The maximum Gasteiger partial charge on any atom is 0.0992 e. The van der Waals surface area contributed by atoms with Crippen LogP contribution in [0.2, 0.25) is 5.02 Å². The van der Waals surface area contributed by atoms with Crippen LogP contribution in [0.4, 0.5) is 0 Å². The summed E-state index contributed by atoms with van der Waals surface area (Å²) in [4.78, 5) is 4.98. The standard InChI is InChI=1S/C10H11ClN2O/c1-2-14-13-7-9-4-3-8(6-12)5-10(9)11/h3-5,13H,2,7H2,1H3. The molecule has 0 saturated carbocycles. The molecule has 0 aliphatic heterocycles. The summed E-state index contributed by atoms with van der Waals surface area (Å²) in [6.07, 6.45) is 0. The highest BCUT2D eigenvalue weighted by Crippen LogP contribution is 2.17. The molecule has 0 bridgehead atoms. The second kappa shape index (κ2) is 5.61. The molecule has 14 heavy (non-hydrogen) atoms. The van der Waals surface area contributed by atoms with Crippen molar-refractivity contribution >= 4 is 11.6 Å². The Balaban J connectivity index is 2.65. The molecule has 0 aliphatic rings. The van der Waals surface area contributed by atoms with Crippen molar-refractivity contribution < 1.29 is 4.84 Å².